The molecule has 1 aromatic rings. The van der Waals surface area contributed by atoms with Gasteiger partial charge in [0.15, 0.2) is 0 Å². The van der Waals surface area contributed by atoms with Crippen LogP contribution in [0.4, 0.5) is 11.9 Å². The third-order valence-corrected chi connectivity index (χ3v) is 3.40. The molecule has 1 aromatic heterocycles. The molecule has 1 saturated carbocycles. The van der Waals surface area contributed by atoms with Crippen molar-refractivity contribution in [2.45, 2.75) is 51.7 Å². The zero-order chi connectivity index (χ0) is 15.2. The van der Waals surface area contributed by atoms with Gasteiger partial charge in [0.05, 0.1) is 6.10 Å². The van der Waals surface area contributed by atoms with Crippen LogP contribution in [0.1, 0.15) is 39.5 Å². The van der Waals surface area contributed by atoms with E-state index in [-0.39, 0.29) is 24.7 Å². The van der Waals surface area contributed by atoms with E-state index in [1.807, 2.05) is 13.8 Å². The molecule has 0 spiro atoms. The van der Waals surface area contributed by atoms with E-state index in [2.05, 4.69) is 25.3 Å². The maximum absolute atomic E-state index is 9.07. The van der Waals surface area contributed by atoms with Gasteiger partial charge in [0, 0.05) is 19.2 Å². The Kier molecular flexibility index (Phi) is 5.51. The lowest BCUT2D eigenvalue weighted by Crippen LogP contribution is -2.42. The fourth-order valence-electron chi connectivity index (χ4n) is 2.19. The summed E-state index contributed by atoms with van der Waals surface area (Å²) in [6, 6.07) is 0.674. The highest BCUT2D eigenvalue weighted by atomic mass is 16.5. The Labute approximate surface area is 124 Å². The topological polar surface area (TPSA) is 109 Å². The van der Waals surface area contributed by atoms with E-state index in [0.29, 0.717) is 25.0 Å². The number of nitrogen functional groups attached to an aromatic ring is 1. The van der Waals surface area contributed by atoms with Gasteiger partial charge in [0.2, 0.25) is 11.9 Å². The van der Waals surface area contributed by atoms with Crippen LogP contribution < -0.4 is 20.9 Å². The first-order valence-electron chi connectivity index (χ1n) is 7.41. The van der Waals surface area contributed by atoms with Crippen LogP contribution in [-0.4, -0.2) is 45.4 Å². The summed E-state index contributed by atoms with van der Waals surface area (Å²) in [6.07, 6.45) is 4.09. The quantitative estimate of drug-likeness (QED) is 0.475. The molecule has 4 N–H and O–H groups in total. The van der Waals surface area contributed by atoms with Crippen LogP contribution in [0.2, 0.25) is 0 Å². The van der Waals surface area contributed by atoms with E-state index in [9.17, 15) is 0 Å². The summed E-state index contributed by atoms with van der Waals surface area (Å²) >= 11 is 0. The fourth-order valence-corrected chi connectivity index (χ4v) is 2.19. The van der Waals surface area contributed by atoms with Crippen molar-refractivity contribution >= 4 is 11.9 Å². The summed E-state index contributed by atoms with van der Waals surface area (Å²) in [5.74, 6) is 6.25. The van der Waals surface area contributed by atoms with Gasteiger partial charge < -0.3 is 14.7 Å². The van der Waals surface area contributed by atoms with Gasteiger partial charge in [-0.05, 0) is 39.5 Å². The molecule has 0 unspecified atom stereocenters. The molecule has 0 amide bonds. The monoisotopic (exact) mass is 296 g/mol. The molecule has 0 radical (unpaired) electrons. The van der Waals surface area contributed by atoms with Crippen LogP contribution >= 0.6 is 0 Å². The average molecular weight is 296 g/mol. The molecule has 0 bridgehead atoms. The zero-order valence-corrected chi connectivity index (χ0v) is 12.6. The highest BCUT2D eigenvalue weighted by Gasteiger charge is 2.27. The summed E-state index contributed by atoms with van der Waals surface area (Å²) in [4.78, 5) is 14.9. The van der Waals surface area contributed by atoms with Crippen LogP contribution in [0, 0.1) is 0 Å². The van der Waals surface area contributed by atoms with Gasteiger partial charge in [-0.3, -0.25) is 5.43 Å². The molecule has 118 valence electrons. The molecular weight excluding hydrogens is 272 g/mol. The average Bonchev–Trinajstić information content (AvgIpc) is 2.40. The van der Waals surface area contributed by atoms with Crippen molar-refractivity contribution in [1.29, 1.82) is 0 Å². The highest BCUT2D eigenvalue weighted by Crippen LogP contribution is 2.28. The van der Waals surface area contributed by atoms with Crippen molar-refractivity contribution in [2.75, 3.05) is 23.5 Å². The Morgan fingerprint density at radius 1 is 1.38 bits per heavy atom. The van der Waals surface area contributed by atoms with Gasteiger partial charge in [-0.25, -0.2) is 5.84 Å². The molecule has 0 saturated heterocycles. The number of aliphatic hydroxyl groups is 1. The van der Waals surface area contributed by atoms with Gasteiger partial charge in [0.25, 0.3) is 0 Å². The van der Waals surface area contributed by atoms with E-state index in [1.165, 1.54) is 6.42 Å². The van der Waals surface area contributed by atoms with Crippen LogP contribution in [0.3, 0.4) is 0 Å². The van der Waals surface area contributed by atoms with Gasteiger partial charge >= 0.3 is 6.01 Å². The SMILES string of the molecule is CC(C)Oc1nc(NN)nc(N(CCCO)C2CCC2)n1. The first-order chi connectivity index (χ1) is 10.1. The maximum atomic E-state index is 9.07. The Balaban J connectivity index is 2.24. The lowest BCUT2D eigenvalue weighted by Gasteiger charge is -2.37. The molecule has 0 aromatic carbocycles. The van der Waals surface area contributed by atoms with Crippen LogP contribution in [-0.2, 0) is 0 Å². The van der Waals surface area contributed by atoms with Gasteiger partial charge in [-0.15, -0.1) is 0 Å². The lowest BCUT2D eigenvalue weighted by molar-refractivity contribution is 0.221. The van der Waals surface area contributed by atoms with E-state index < -0.39 is 0 Å². The summed E-state index contributed by atoms with van der Waals surface area (Å²) in [7, 11) is 0. The van der Waals surface area contributed by atoms with Crippen molar-refractivity contribution in [1.82, 2.24) is 15.0 Å². The largest absolute Gasteiger partial charge is 0.461 e. The van der Waals surface area contributed by atoms with E-state index in [0.717, 1.165) is 12.8 Å². The minimum absolute atomic E-state index is 0.0273. The second-order valence-electron chi connectivity index (χ2n) is 5.41. The summed E-state index contributed by atoms with van der Waals surface area (Å²) in [5.41, 5.74) is 2.45. The molecule has 1 aliphatic carbocycles. The summed E-state index contributed by atoms with van der Waals surface area (Å²) < 4.78 is 5.55. The molecule has 1 heterocycles. The first-order valence-corrected chi connectivity index (χ1v) is 7.41. The predicted octanol–water partition coefficient (Wildman–Crippen LogP) is 0.686. The number of aromatic nitrogens is 3. The molecule has 21 heavy (non-hydrogen) atoms. The predicted molar refractivity (Wildman–Crippen MR) is 80.1 cm³/mol. The van der Waals surface area contributed by atoms with Crippen molar-refractivity contribution in [2.24, 2.45) is 5.84 Å². The Morgan fingerprint density at radius 3 is 2.67 bits per heavy atom. The molecular formula is C13H24N6O2. The number of nitrogens with one attached hydrogen (secondary N) is 1. The third kappa shape index (κ3) is 4.15. The molecule has 1 fully saturated rings. The maximum Gasteiger partial charge on any atom is 0.323 e. The summed E-state index contributed by atoms with van der Waals surface area (Å²) in [6.45, 7) is 4.67. The molecule has 1 aliphatic rings. The highest BCUT2D eigenvalue weighted by molar-refractivity contribution is 5.39. The van der Waals surface area contributed by atoms with Crippen molar-refractivity contribution < 1.29 is 9.84 Å². The molecule has 8 nitrogen and oxygen atoms in total. The first kappa shape index (κ1) is 15.7. The number of nitrogens with zero attached hydrogens (tertiary/aromatic N) is 4. The van der Waals surface area contributed by atoms with Crippen LogP contribution in [0.15, 0.2) is 0 Å². The van der Waals surface area contributed by atoms with E-state index in [4.69, 9.17) is 15.7 Å². The smallest absolute Gasteiger partial charge is 0.323 e. The Hall–Kier alpha value is -1.67. The number of anilines is 2. The minimum Gasteiger partial charge on any atom is -0.461 e. The van der Waals surface area contributed by atoms with Gasteiger partial charge in [0.1, 0.15) is 0 Å². The number of hydrogen-bond donors (Lipinski definition) is 3. The molecule has 8 heteroatoms. The normalized spacial score (nSPS) is 14.9. The Bertz CT molecular complexity index is 452. The standard InChI is InChI=1S/C13H24N6O2/c1-9(2)21-13-16-11(18-14)15-12(17-13)19(7-4-8-20)10-5-3-6-10/h9-10,20H,3-8,14H2,1-2H3,(H,15,16,17,18). The van der Waals surface area contributed by atoms with Crippen molar-refractivity contribution in [3.63, 3.8) is 0 Å². The van der Waals surface area contributed by atoms with Gasteiger partial charge in [-0.2, -0.15) is 15.0 Å². The third-order valence-electron chi connectivity index (χ3n) is 3.40. The van der Waals surface area contributed by atoms with Crippen molar-refractivity contribution in [3.05, 3.63) is 0 Å². The second kappa shape index (κ2) is 7.37. The molecule has 0 atom stereocenters. The van der Waals surface area contributed by atoms with Crippen molar-refractivity contribution in [3.8, 4) is 6.01 Å². The second-order valence-corrected chi connectivity index (χ2v) is 5.41. The zero-order valence-electron chi connectivity index (χ0n) is 12.6. The lowest BCUT2D eigenvalue weighted by atomic mass is 9.91. The Morgan fingerprint density at radius 2 is 2.14 bits per heavy atom. The molecule has 0 aliphatic heterocycles. The van der Waals surface area contributed by atoms with Crippen LogP contribution in [0.25, 0.3) is 0 Å². The van der Waals surface area contributed by atoms with E-state index in [1.54, 1.807) is 0 Å². The number of aliphatic hydroxyl groups excluding tert-OH is 1. The number of hydrogen-bond acceptors (Lipinski definition) is 8. The minimum atomic E-state index is -0.0273. The van der Waals surface area contributed by atoms with Crippen LogP contribution in [0.5, 0.6) is 6.01 Å². The number of hydrazine groups is 1. The van der Waals surface area contributed by atoms with E-state index >= 15 is 0 Å². The fraction of sp³-hybridized carbons (Fsp3) is 0.769. The number of nitrogens with two attached hydrogens (primary N) is 1. The number of rotatable bonds is 8. The molecule has 2 rings (SSSR count). The van der Waals surface area contributed by atoms with Gasteiger partial charge in [-0.1, -0.05) is 0 Å². The summed E-state index contributed by atoms with van der Waals surface area (Å²) in [5, 5.41) is 9.07. The number of ether oxygens (including phenoxy) is 1.